The van der Waals surface area contributed by atoms with Crippen molar-refractivity contribution in [3.05, 3.63) is 157 Å². The fourth-order valence-corrected chi connectivity index (χ4v) is 8.24. The molecule has 0 aliphatic heterocycles. The van der Waals surface area contributed by atoms with Gasteiger partial charge in [0.2, 0.25) is 0 Å². The van der Waals surface area contributed by atoms with Crippen LogP contribution in [0.5, 0.6) is 0 Å². The highest BCUT2D eigenvalue weighted by Gasteiger charge is 2.35. The van der Waals surface area contributed by atoms with Gasteiger partial charge in [-0.05, 0) is 87.6 Å². The minimum Gasteiger partial charge on any atom is -0.309 e. The van der Waals surface area contributed by atoms with E-state index in [1.807, 2.05) is 0 Å². The van der Waals surface area contributed by atoms with Gasteiger partial charge in [0.25, 0.3) is 0 Å². The highest BCUT2D eigenvalue weighted by molar-refractivity contribution is 6.25. The average Bonchev–Trinajstić information content (AvgIpc) is 3.67. The summed E-state index contributed by atoms with van der Waals surface area (Å²) in [5, 5.41) is 7.69. The summed E-state index contributed by atoms with van der Waals surface area (Å²) in [6, 6.07) is 53.9. The van der Waals surface area contributed by atoms with Crippen molar-refractivity contribution in [3.8, 4) is 22.5 Å². The molecule has 0 radical (unpaired) electrons. The summed E-state index contributed by atoms with van der Waals surface area (Å²) in [7, 11) is 0. The Balaban J connectivity index is 1.29. The molecule has 1 aliphatic carbocycles. The zero-order valence-corrected chi connectivity index (χ0v) is 25.3. The van der Waals surface area contributed by atoms with E-state index in [1.165, 1.54) is 88.0 Å². The van der Waals surface area contributed by atoms with Crippen LogP contribution in [-0.2, 0) is 5.41 Å². The van der Waals surface area contributed by atoms with Crippen molar-refractivity contribution in [1.82, 2.24) is 9.13 Å². The minimum absolute atomic E-state index is 0.00815. The lowest BCUT2D eigenvalue weighted by molar-refractivity contribution is 0.660. The SMILES string of the molecule is CC1(C)c2ccccc2-c2cc(-n3c4ccccc4c4c5cc6c7ccccc7n(-c7ccccc7)c6cc5ccc43)ccc21. The highest BCUT2D eigenvalue weighted by Crippen LogP contribution is 2.49. The second-order valence-electron chi connectivity index (χ2n) is 13.0. The first-order chi connectivity index (χ1) is 22.1. The van der Waals surface area contributed by atoms with Crippen LogP contribution in [0.25, 0.3) is 76.9 Å². The summed E-state index contributed by atoms with van der Waals surface area (Å²) in [5.74, 6) is 0. The molecule has 2 heterocycles. The van der Waals surface area contributed by atoms with Crippen molar-refractivity contribution in [3.63, 3.8) is 0 Å². The maximum absolute atomic E-state index is 2.47. The van der Waals surface area contributed by atoms with Crippen molar-refractivity contribution in [2.24, 2.45) is 0 Å². The molecule has 0 saturated heterocycles. The second-order valence-corrected chi connectivity index (χ2v) is 13.0. The zero-order chi connectivity index (χ0) is 29.9. The predicted octanol–water partition coefficient (Wildman–Crippen LogP) is 11.3. The maximum Gasteiger partial charge on any atom is 0.0547 e. The Kier molecular flexibility index (Phi) is 4.82. The van der Waals surface area contributed by atoms with Crippen molar-refractivity contribution < 1.29 is 0 Å². The lowest BCUT2D eigenvalue weighted by Crippen LogP contribution is -2.14. The van der Waals surface area contributed by atoms with E-state index in [4.69, 9.17) is 0 Å². The summed E-state index contributed by atoms with van der Waals surface area (Å²) < 4.78 is 4.87. The van der Waals surface area contributed by atoms with Crippen LogP contribution in [-0.4, -0.2) is 9.13 Å². The van der Waals surface area contributed by atoms with Crippen LogP contribution >= 0.6 is 0 Å². The fourth-order valence-electron chi connectivity index (χ4n) is 8.24. The molecule has 2 aromatic heterocycles. The number of hydrogen-bond donors (Lipinski definition) is 0. The predicted molar refractivity (Wildman–Crippen MR) is 190 cm³/mol. The molecular formula is C43H30N2. The molecule has 0 atom stereocenters. The van der Waals surface area contributed by atoms with Gasteiger partial charge in [0.1, 0.15) is 0 Å². The average molecular weight is 575 g/mol. The van der Waals surface area contributed by atoms with E-state index in [0.717, 1.165) is 0 Å². The monoisotopic (exact) mass is 574 g/mol. The Labute approximate surface area is 261 Å². The third-order valence-electron chi connectivity index (χ3n) is 10.3. The van der Waals surface area contributed by atoms with Crippen LogP contribution in [0.1, 0.15) is 25.0 Å². The van der Waals surface area contributed by atoms with E-state index < -0.39 is 0 Å². The molecule has 0 N–H and O–H groups in total. The van der Waals surface area contributed by atoms with Crippen molar-refractivity contribution >= 4 is 54.4 Å². The summed E-state index contributed by atoms with van der Waals surface area (Å²) in [5.41, 5.74) is 12.8. The van der Waals surface area contributed by atoms with Gasteiger partial charge in [-0.1, -0.05) is 105 Å². The molecule has 212 valence electrons. The van der Waals surface area contributed by atoms with Gasteiger partial charge >= 0.3 is 0 Å². The molecule has 2 heteroatoms. The number of rotatable bonds is 2. The van der Waals surface area contributed by atoms with Gasteiger partial charge in [-0.15, -0.1) is 0 Å². The lowest BCUT2D eigenvalue weighted by Gasteiger charge is -2.21. The molecular weight excluding hydrogens is 544 g/mol. The van der Waals surface area contributed by atoms with Crippen LogP contribution < -0.4 is 0 Å². The summed E-state index contributed by atoms with van der Waals surface area (Å²) >= 11 is 0. The molecule has 0 amide bonds. The highest BCUT2D eigenvalue weighted by atomic mass is 15.0. The minimum atomic E-state index is -0.00815. The van der Waals surface area contributed by atoms with Crippen molar-refractivity contribution in [1.29, 1.82) is 0 Å². The standard InChI is InChI=1S/C43H30N2/c1-43(2)36-17-9-6-14-30(36)34-25-29(21-22-37(34)43)45-39-19-11-8-16-32(39)42-33-26-35-31-15-7-10-18-38(31)44(28-12-4-3-5-13-28)41(35)24-27(33)20-23-40(42)45/h3-26H,1-2H3. The Morgan fingerprint density at radius 3 is 1.91 bits per heavy atom. The van der Waals surface area contributed by atoms with Gasteiger partial charge in [0, 0.05) is 38.3 Å². The van der Waals surface area contributed by atoms with Crippen LogP contribution in [0.3, 0.4) is 0 Å². The number of aromatic nitrogens is 2. The Bertz CT molecular complexity index is 2670. The first-order valence-electron chi connectivity index (χ1n) is 15.8. The molecule has 0 unspecified atom stereocenters. The largest absolute Gasteiger partial charge is 0.309 e. The Morgan fingerprint density at radius 2 is 1.07 bits per heavy atom. The van der Waals surface area contributed by atoms with Gasteiger partial charge < -0.3 is 9.13 Å². The second kappa shape index (κ2) is 8.74. The maximum atomic E-state index is 2.47. The van der Waals surface area contributed by atoms with Gasteiger partial charge in [-0.25, -0.2) is 0 Å². The van der Waals surface area contributed by atoms with E-state index in [-0.39, 0.29) is 5.41 Å². The number of para-hydroxylation sites is 3. The molecule has 0 saturated carbocycles. The molecule has 7 aromatic carbocycles. The number of benzene rings is 7. The zero-order valence-electron chi connectivity index (χ0n) is 25.3. The Hall–Kier alpha value is -5.60. The van der Waals surface area contributed by atoms with Gasteiger partial charge in [-0.2, -0.15) is 0 Å². The summed E-state index contributed by atoms with van der Waals surface area (Å²) in [6.45, 7) is 4.69. The topological polar surface area (TPSA) is 9.86 Å². The number of hydrogen-bond acceptors (Lipinski definition) is 0. The third kappa shape index (κ3) is 3.24. The molecule has 0 spiro atoms. The summed E-state index contributed by atoms with van der Waals surface area (Å²) in [6.07, 6.45) is 0. The van der Waals surface area contributed by atoms with E-state index in [9.17, 15) is 0 Å². The molecule has 0 fully saturated rings. The van der Waals surface area contributed by atoms with Crippen LogP contribution in [0, 0.1) is 0 Å². The number of nitrogens with zero attached hydrogens (tertiary/aromatic N) is 2. The first kappa shape index (κ1) is 24.8. The lowest BCUT2D eigenvalue weighted by atomic mass is 9.82. The van der Waals surface area contributed by atoms with Crippen LogP contribution in [0.4, 0.5) is 0 Å². The van der Waals surface area contributed by atoms with Crippen LogP contribution in [0.15, 0.2) is 146 Å². The van der Waals surface area contributed by atoms with E-state index in [1.54, 1.807) is 0 Å². The Morgan fingerprint density at radius 1 is 0.400 bits per heavy atom. The molecule has 1 aliphatic rings. The fraction of sp³-hybridized carbons (Fsp3) is 0.0698. The van der Waals surface area contributed by atoms with Crippen LogP contribution in [0.2, 0.25) is 0 Å². The van der Waals surface area contributed by atoms with Gasteiger partial charge in [0.15, 0.2) is 0 Å². The number of fused-ring (bicyclic) bond motifs is 11. The smallest absolute Gasteiger partial charge is 0.0547 e. The normalized spacial score (nSPS) is 13.7. The first-order valence-corrected chi connectivity index (χ1v) is 15.8. The molecule has 2 nitrogen and oxygen atoms in total. The molecule has 45 heavy (non-hydrogen) atoms. The molecule has 0 bridgehead atoms. The van der Waals surface area contributed by atoms with Gasteiger partial charge in [-0.3, -0.25) is 0 Å². The van der Waals surface area contributed by atoms with E-state index in [0.29, 0.717) is 0 Å². The molecule has 9 aromatic rings. The quantitative estimate of drug-likeness (QED) is 0.194. The molecule has 10 rings (SSSR count). The third-order valence-corrected chi connectivity index (χ3v) is 10.3. The van der Waals surface area contributed by atoms with E-state index in [2.05, 4.69) is 169 Å². The van der Waals surface area contributed by atoms with E-state index >= 15 is 0 Å². The van der Waals surface area contributed by atoms with Crippen molar-refractivity contribution in [2.75, 3.05) is 0 Å². The summed E-state index contributed by atoms with van der Waals surface area (Å²) in [4.78, 5) is 0. The van der Waals surface area contributed by atoms with Gasteiger partial charge in [0.05, 0.1) is 22.1 Å². The van der Waals surface area contributed by atoms with Crippen molar-refractivity contribution in [2.45, 2.75) is 19.3 Å².